The van der Waals surface area contributed by atoms with Crippen LogP contribution in [0.25, 0.3) is 0 Å². The summed E-state index contributed by atoms with van der Waals surface area (Å²) in [5.41, 5.74) is -0.160. The number of rotatable bonds is 6. The van der Waals surface area contributed by atoms with Crippen LogP contribution >= 0.6 is 0 Å². The molecule has 96 valence electrons. The first-order chi connectivity index (χ1) is 7.08. The monoisotopic (exact) mass is 247 g/mol. The molecule has 0 amide bonds. The fraction of sp³-hybridized carbons (Fsp3) is 0.833. The standard InChI is InChI=1S/C12H25NO2S/c1-7-12(5,10-13-6)8-9-16(14,15)11(2,3)4/h7,13H,1,8-10H2,2-6H3. The van der Waals surface area contributed by atoms with E-state index >= 15 is 0 Å². The van der Waals surface area contributed by atoms with Gasteiger partial charge in [-0.05, 0) is 39.7 Å². The van der Waals surface area contributed by atoms with Crippen molar-refractivity contribution < 1.29 is 8.42 Å². The van der Waals surface area contributed by atoms with Crippen molar-refractivity contribution in [2.75, 3.05) is 19.3 Å². The summed E-state index contributed by atoms with van der Waals surface area (Å²) in [6.45, 7) is 11.8. The van der Waals surface area contributed by atoms with E-state index < -0.39 is 14.6 Å². The molecule has 1 atom stereocenters. The third-order valence-corrected chi connectivity index (χ3v) is 5.56. The van der Waals surface area contributed by atoms with Crippen LogP contribution in [0.2, 0.25) is 0 Å². The van der Waals surface area contributed by atoms with Gasteiger partial charge in [0.15, 0.2) is 9.84 Å². The number of hydrogen-bond acceptors (Lipinski definition) is 3. The molecule has 0 aromatic carbocycles. The molecule has 0 saturated carbocycles. The Kier molecular flexibility index (Phi) is 5.20. The maximum absolute atomic E-state index is 12.0. The lowest BCUT2D eigenvalue weighted by Crippen LogP contribution is -2.35. The number of hydrogen-bond donors (Lipinski definition) is 1. The molecular weight excluding hydrogens is 222 g/mol. The lowest BCUT2D eigenvalue weighted by Gasteiger charge is -2.27. The van der Waals surface area contributed by atoms with E-state index in [4.69, 9.17) is 0 Å². The van der Waals surface area contributed by atoms with Gasteiger partial charge in [-0.1, -0.05) is 13.0 Å². The van der Waals surface area contributed by atoms with Gasteiger partial charge in [-0.25, -0.2) is 8.42 Å². The zero-order chi connectivity index (χ0) is 13.0. The fourth-order valence-corrected chi connectivity index (χ4v) is 2.69. The van der Waals surface area contributed by atoms with Crippen molar-refractivity contribution in [2.24, 2.45) is 5.41 Å². The molecule has 1 unspecified atom stereocenters. The Morgan fingerprint density at radius 1 is 1.25 bits per heavy atom. The molecule has 0 heterocycles. The van der Waals surface area contributed by atoms with Crippen LogP contribution in [-0.4, -0.2) is 32.5 Å². The Morgan fingerprint density at radius 2 is 1.75 bits per heavy atom. The van der Waals surface area contributed by atoms with Crippen molar-refractivity contribution in [1.29, 1.82) is 0 Å². The molecule has 0 aromatic heterocycles. The van der Waals surface area contributed by atoms with Crippen molar-refractivity contribution in [3.8, 4) is 0 Å². The molecule has 0 spiro atoms. The normalized spacial score (nSPS) is 16.8. The van der Waals surface area contributed by atoms with E-state index in [1.54, 1.807) is 20.8 Å². The number of nitrogens with one attached hydrogen (secondary N) is 1. The van der Waals surface area contributed by atoms with Crippen LogP contribution < -0.4 is 5.32 Å². The van der Waals surface area contributed by atoms with Crippen molar-refractivity contribution in [3.63, 3.8) is 0 Å². The van der Waals surface area contributed by atoms with Crippen LogP contribution in [-0.2, 0) is 9.84 Å². The molecule has 3 nitrogen and oxygen atoms in total. The first kappa shape index (κ1) is 15.7. The van der Waals surface area contributed by atoms with Crippen LogP contribution in [0.1, 0.15) is 34.1 Å². The van der Waals surface area contributed by atoms with Gasteiger partial charge in [-0.2, -0.15) is 0 Å². The Balaban J connectivity index is 4.62. The minimum atomic E-state index is -3.03. The Labute approximate surface area is 100 Å². The van der Waals surface area contributed by atoms with E-state index in [1.807, 2.05) is 20.0 Å². The summed E-state index contributed by atoms with van der Waals surface area (Å²) < 4.78 is 23.3. The predicted molar refractivity (Wildman–Crippen MR) is 70.4 cm³/mol. The van der Waals surface area contributed by atoms with Gasteiger partial charge < -0.3 is 5.32 Å². The summed E-state index contributed by atoms with van der Waals surface area (Å²) in [5.74, 6) is 0.209. The van der Waals surface area contributed by atoms with E-state index in [0.717, 1.165) is 6.54 Å². The van der Waals surface area contributed by atoms with E-state index in [1.165, 1.54) is 0 Å². The summed E-state index contributed by atoms with van der Waals surface area (Å²) in [6, 6.07) is 0. The largest absolute Gasteiger partial charge is 0.319 e. The summed E-state index contributed by atoms with van der Waals surface area (Å²) in [5, 5.41) is 3.07. The van der Waals surface area contributed by atoms with E-state index in [2.05, 4.69) is 11.9 Å². The number of sulfone groups is 1. The molecule has 0 aliphatic carbocycles. The van der Waals surface area contributed by atoms with Gasteiger partial charge in [0.25, 0.3) is 0 Å². The second kappa shape index (κ2) is 5.32. The first-order valence-corrected chi connectivity index (χ1v) is 7.24. The molecule has 0 saturated heterocycles. The highest BCUT2D eigenvalue weighted by molar-refractivity contribution is 7.92. The molecule has 0 aromatic rings. The Morgan fingerprint density at radius 3 is 2.06 bits per heavy atom. The zero-order valence-corrected chi connectivity index (χ0v) is 11.9. The van der Waals surface area contributed by atoms with Crippen LogP contribution in [0.15, 0.2) is 12.7 Å². The fourth-order valence-electron chi connectivity index (χ4n) is 1.34. The molecular formula is C12H25NO2S. The maximum Gasteiger partial charge on any atom is 0.155 e. The third-order valence-electron chi connectivity index (χ3n) is 2.95. The Bertz CT molecular complexity index is 327. The van der Waals surface area contributed by atoms with Gasteiger partial charge in [0, 0.05) is 6.54 Å². The van der Waals surface area contributed by atoms with Crippen molar-refractivity contribution in [3.05, 3.63) is 12.7 Å². The SMILES string of the molecule is C=CC(C)(CCS(=O)(=O)C(C)(C)C)CNC. The minimum Gasteiger partial charge on any atom is -0.319 e. The van der Waals surface area contributed by atoms with Gasteiger partial charge in [0.2, 0.25) is 0 Å². The average Bonchev–Trinajstić information content (AvgIpc) is 2.14. The molecule has 0 bridgehead atoms. The highest BCUT2D eigenvalue weighted by Gasteiger charge is 2.31. The topological polar surface area (TPSA) is 46.2 Å². The Hall–Kier alpha value is -0.350. The molecule has 0 aliphatic rings. The minimum absolute atomic E-state index is 0.160. The van der Waals surface area contributed by atoms with Crippen molar-refractivity contribution >= 4 is 9.84 Å². The molecule has 0 fully saturated rings. The van der Waals surface area contributed by atoms with E-state index in [0.29, 0.717) is 6.42 Å². The second-order valence-electron chi connectivity index (χ2n) is 5.57. The van der Waals surface area contributed by atoms with Crippen molar-refractivity contribution in [1.82, 2.24) is 5.32 Å². The summed E-state index contributed by atoms with van der Waals surface area (Å²) in [4.78, 5) is 0. The van der Waals surface area contributed by atoms with E-state index in [-0.39, 0.29) is 11.2 Å². The third kappa shape index (κ3) is 4.26. The first-order valence-electron chi connectivity index (χ1n) is 5.58. The average molecular weight is 247 g/mol. The lowest BCUT2D eigenvalue weighted by molar-refractivity contribution is 0.393. The smallest absolute Gasteiger partial charge is 0.155 e. The van der Waals surface area contributed by atoms with Gasteiger partial charge in [-0.15, -0.1) is 6.58 Å². The second-order valence-corrected chi connectivity index (χ2v) is 8.43. The summed E-state index contributed by atoms with van der Waals surface area (Å²) in [6.07, 6.45) is 2.44. The molecule has 0 rings (SSSR count). The molecule has 16 heavy (non-hydrogen) atoms. The van der Waals surface area contributed by atoms with Gasteiger partial charge >= 0.3 is 0 Å². The predicted octanol–water partition coefficient (Wildman–Crippen LogP) is 2.00. The van der Waals surface area contributed by atoms with Crippen LogP contribution in [0.4, 0.5) is 0 Å². The van der Waals surface area contributed by atoms with Crippen molar-refractivity contribution in [2.45, 2.75) is 38.9 Å². The quantitative estimate of drug-likeness (QED) is 0.730. The van der Waals surface area contributed by atoms with Crippen LogP contribution in [0.3, 0.4) is 0 Å². The molecule has 4 heteroatoms. The molecule has 1 N–H and O–H groups in total. The summed E-state index contributed by atoms with van der Waals surface area (Å²) >= 11 is 0. The van der Waals surface area contributed by atoms with Crippen LogP contribution in [0.5, 0.6) is 0 Å². The van der Waals surface area contributed by atoms with Gasteiger partial charge in [0.1, 0.15) is 0 Å². The van der Waals surface area contributed by atoms with E-state index in [9.17, 15) is 8.42 Å². The maximum atomic E-state index is 12.0. The van der Waals surface area contributed by atoms with Crippen LogP contribution in [0, 0.1) is 5.41 Å². The lowest BCUT2D eigenvalue weighted by atomic mass is 9.88. The summed E-state index contributed by atoms with van der Waals surface area (Å²) in [7, 11) is -1.17. The molecule has 0 aliphatic heterocycles. The molecule has 0 radical (unpaired) electrons. The zero-order valence-electron chi connectivity index (χ0n) is 11.1. The van der Waals surface area contributed by atoms with Gasteiger partial charge in [0.05, 0.1) is 10.5 Å². The highest BCUT2D eigenvalue weighted by Crippen LogP contribution is 2.25. The highest BCUT2D eigenvalue weighted by atomic mass is 32.2. The van der Waals surface area contributed by atoms with Gasteiger partial charge in [-0.3, -0.25) is 0 Å².